The molecule has 2 rings (SSSR count). The van der Waals surface area contributed by atoms with Gasteiger partial charge in [-0.15, -0.1) is 0 Å². The highest BCUT2D eigenvalue weighted by atomic mass is 16.1. The summed E-state index contributed by atoms with van der Waals surface area (Å²) in [5, 5.41) is 5.79. The minimum atomic E-state index is -0.206. The molecule has 19 heavy (non-hydrogen) atoms. The van der Waals surface area contributed by atoms with Crippen LogP contribution < -0.4 is 10.6 Å². The number of hydrogen-bond donors (Lipinski definition) is 2. The van der Waals surface area contributed by atoms with Crippen molar-refractivity contribution >= 4 is 17.3 Å². The van der Waals surface area contributed by atoms with Crippen molar-refractivity contribution in [2.24, 2.45) is 0 Å². The number of pyridine rings is 2. The molecule has 0 unspecified atom stereocenters. The summed E-state index contributed by atoms with van der Waals surface area (Å²) in [5.74, 6) is -0.206. The van der Waals surface area contributed by atoms with Gasteiger partial charge < -0.3 is 10.6 Å². The van der Waals surface area contributed by atoms with E-state index in [-0.39, 0.29) is 5.91 Å². The highest BCUT2D eigenvalue weighted by molar-refractivity contribution is 6.07. The molecule has 0 aliphatic carbocycles. The van der Waals surface area contributed by atoms with Crippen molar-refractivity contribution in [1.29, 1.82) is 0 Å². The summed E-state index contributed by atoms with van der Waals surface area (Å²) in [6.45, 7) is 3.78. The van der Waals surface area contributed by atoms with Crippen LogP contribution >= 0.6 is 0 Å². The topological polar surface area (TPSA) is 66.9 Å². The fourth-order valence-corrected chi connectivity index (χ4v) is 1.69. The van der Waals surface area contributed by atoms with Crippen LogP contribution in [-0.4, -0.2) is 22.9 Å². The largest absolute Gasteiger partial charge is 0.387 e. The first kappa shape index (κ1) is 13.0. The average Bonchev–Trinajstić information content (AvgIpc) is 2.41. The second kappa shape index (κ2) is 5.48. The second-order valence-electron chi connectivity index (χ2n) is 4.26. The standard InChI is InChI=1S/C14H16N4O/c1-9-4-5-11(7-16-9)18-14(19)12-8-17-10(2)6-13(12)15-3/h4-8H,1-3H3,(H,15,17)(H,18,19). The van der Waals surface area contributed by atoms with Crippen LogP contribution in [-0.2, 0) is 0 Å². The Bertz CT molecular complexity index is 593. The molecular formula is C14H16N4O. The van der Waals surface area contributed by atoms with E-state index in [0.717, 1.165) is 17.1 Å². The van der Waals surface area contributed by atoms with Gasteiger partial charge in [0.15, 0.2) is 0 Å². The van der Waals surface area contributed by atoms with E-state index in [1.807, 2.05) is 32.0 Å². The minimum absolute atomic E-state index is 0.206. The monoisotopic (exact) mass is 256 g/mol. The van der Waals surface area contributed by atoms with Gasteiger partial charge in [-0.2, -0.15) is 0 Å². The zero-order chi connectivity index (χ0) is 13.8. The number of aryl methyl sites for hydroxylation is 2. The van der Waals surface area contributed by atoms with Gasteiger partial charge in [0.25, 0.3) is 5.91 Å². The Morgan fingerprint density at radius 2 is 1.84 bits per heavy atom. The molecule has 0 saturated heterocycles. The average molecular weight is 256 g/mol. The third kappa shape index (κ3) is 3.07. The Balaban J connectivity index is 2.22. The fourth-order valence-electron chi connectivity index (χ4n) is 1.69. The highest BCUT2D eigenvalue weighted by Gasteiger charge is 2.11. The number of rotatable bonds is 3. The molecule has 2 heterocycles. The molecule has 0 aliphatic heterocycles. The molecule has 1 amide bonds. The van der Waals surface area contributed by atoms with E-state index in [4.69, 9.17) is 0 Å². The number of nitrogens with zero attached hydrogens (tertiary/aromatic N) is 2. The number of carbonyl (C=O) groups excluding carboxylic acids is 1. The van der Waals surface area contributed by atoms with Gasteiger partial charge in [0.1, 0.15) is 0 Å². The van der Waals surface area contributed by atoms with E-state index in [9.17, 15) is 4.79 Å². The normalized spacial score (nSPS) is 10.1. The van der Waals surface area contributed by atoms with Gasteiger partial charge in [-0.25, -0.2) is 0 Å². The number of carbonyl (C=O) groups is 1. The predicted molar refractivity (Wildman–Crippen MR) is 75.4 cm³/mol. The smallest absolute Gasteiger partial charge is 0.259 e. The lowest BCUT2D eigenvalue weighted by atomic mass is 10.2. The number of aromatic nitrogens is 2. The molecule has 5 heteroatoms. The summed E-state index contributed by atoms with van der Waals surface area (Å²) < 4.78 is 0. The van der Waals surface area contributed by atoms with Gasteiger partial charge in [-0.3, -0.25) is 14.8 Å². The third-order valence-corrected chi connectivity index (χ3v) is 2.72. The second-order valence-corrected chi connectivity index (χ2v) is 4.26. The SMILES string of the molecule is CNc1cc(C)ncc1C(=O)Nc1ccc(C)nc1. The molecule has 0 fully saturated rings. The van der Waals surface area contributed by atoms with Crippen LogP contribution in [0.4, 0.5) is 11.4 Å². The van der Waals surface area contributed by atoms with Gasteiger partial charge in [-0.05, 0) is 32.0 Å². The lowest BCUT2D eigenvalue weighted by Crippen LogP contribution is -2.14. The number of hydrogen-bond acceptors (Lipinski definition) is 4. The minimum Gasteiger partial charge on any atom is -0.387 e. The first-order valence-corrected chi connectivity index (χ1v) is 5.98. The highest BCUT2D eigenvalue weighted by Crippen LogP contribution is 2.17. The maximum atomic E-state index is 12.2. The molecule has 0 aliphatic rings. The van der Waals surface area contributed by atoms with Crippen molar-refractivity contribution in [3.05, 3.63) is 47.5 Å². The molecule has 0 bridgehead atoms. The molecular weight excluding hydrogens is 240 g/mol. The molecule has 0 atom stereocenters. The Labute approximate surface area is 112 Å². The van der Waals surface area contributed by atoms with E-state index in [1.165, 1.54) is 0 Å². The summed E-state index contributed by atoms with van der Waals surface area (Å²) in [6, 6.07) is 5.51. The molecule has 0 spiro atoms. The molecule has 5 nitrogen and oxygen atoms in total. The third-order valence-electron chi connectivity index (χ3n) is 2.72. The van der Waals surface area contributed by atoms with Crippen LogP contribution in [0, 0.1) is 13.8 Å². The van der Waals surface area contributed by atoms with Crippen LogP contribution in [0.2, 0.25) is 0 Å². The number of anilines is 2. The Morgan fingerprint density at radius 3 is 2.47 bits per heavy atom. The lowest BCUT2D eigenvalue weighted by molar-refractivity contribution is 0.102. The van der Waals surface area contributed by atoms with E-state index in [0.29, 0.717) is 11.3 Å². The summed E-state index contributed by atoms with van der Waals surface area (Å²) >= 11 is 0. The van der Waals surface area contributed by atoms with Gasteiger partial charge in [-0.1, -0.05) is 0 Å². The van der Waals surface area contributed by atoms with Gasteiger partial charge >= 0.3 is 0 Å². The number of amides is 1. The van der Waals surface area contributed by atoms with E-state index in [2.05, 4.69) is 20.6 Å². The number of nitrogens with one attached hydrogen (secondary N) is 2. The Morgan fingerprint density at radius 1 is 1.11 bits per heavy atom. The summed E-state index contributed by atoms with van der Waals surface area (Å²) in [7, 11) is 1.78. The molecule has 0 radical (unpaired) electrons. The Hall–Kier alpha value is -2.43. The molecule has 0 aromatic carbocycles. The van der Waals surface area contributed by atoms with E-state index < -0.39 is 0 Å². The summed E-state index contributed by atoms with van der Waals surface area (Å²) in [4.78, 5) is 20.5. The molecule has 98 valence electrons. The van der Waals surface area contributed by atoms with Gasteiger partial charge in [0.2, 0.25) is 0 Å². The summed E-state index contributed by atoms with van der Waals surface area (Å²) in [5.41, 5.74) is 3.70. The molecule has 2 N–H and O–H groups in total. The van der Waals surface area contributed by atoms with Crippen molar-refractivity contribution < 1.29 is 4.79 Å². The molecule has 2 aromatic rings. The summed E-state index contributed by atoms with van der Waals surface area (Å²) in [6.07, 6.45) is 3.20. The van der Waals surface area contributed by atoms with Gasteiger partial charge in [0, 0.05) is 24.6 Å². The van der Waals surface area contributed by atoms with Gasteiger partial charge in [0.05, 0.1) is 23.1 Å². The van der Waals surface area contributed by atoms with Crippen LogP contribution in [0.15, 0.2) is 30.6 Å². The predicted octanol–water partition coefficient (Wildman–Crippen LogP) is 2.39. The first-order valence-electron chi connectivity index (χ1n) is 5.98. The van der Waals surface area contributed by atoms with Crippen molar-refractivity contribution in [3.63, 3.8) is 0 Å². The quantitative estimate of drug-likeness (QED) is 0.884. The van der Waals surface area contributed by atoms with Crippen LogP contribution in [0.5, 0.6) is 0 Å². The van der Waals surface area contributed by atoms with Crippen molar-refractivity contribution in [3.8, 4) is 0 Å². The van der Waals surface area contributed by atoms with E-state index in [1.54, 1.807) is 19.4 Å². The first-order chi connectivity index (χ1) is 9.10. The van der Waals surface area contributed by atoms with Crippen LogP contribution in [0.1, 0.15) is 21.7 Å². The zero-order valence-electron chi connectivity index (χ0n) is 11.2. The fraction of sp³-hybridized carbons (Fsp3) is 0.214. The zero-order valence-corrected chi connectivity index (χ0v) is 11.2. The van der Waals surface area contributed by atoms with Crippen molar-refractivity contribution in [2.45, 2.75) is 13.8 Å². The Kier molecular flexibility index (Phi) is 3.75. The van der Waals surface area contributed by atoms with Crippen LogP contribution in [0.25, 0.3) is 0 Å². The van der Waals surface area contributed by atoms with Crippen molar-refractivity contribution in [1.82, 2.24) is 9.97 Å². The van der Waals surface area contributed by atoms with E-state index >= 15 is 0 Å². The molecule has 2 aromatic heterocycles. The van der Waals surface area contributed by atoms with Crippen molar-refractivity contribution in [2.75, 3.05) is 17.7 Å². The maximum Gasteiger partial charge on any atom is 0.259 e. The van der Waals surface area contributed by atoms with Crippen LogP contribution in [0.3, 0.4) is 0 Å². The maximum absolute atomic E-state index is 12.2. The molecule has 0 saturated carbocycles. The lowest BCUT2D eigenvalue weighted by Gasteiger charge is -2.10.